The third-order valence-corrected chi connectivity index (χ3v) is 0.748. The fraction of sp³-hybridized carbons (Fsp3) is 0.333. The molecular formula is C6H9NO4. The second-order valence-corrected chi connectivity index (χ2v) is 1.89. The highest BCUT2D eigenvalue weighted by Gasteiger charge is 2.01. The molecule has 0 aromatic heterocycles. The molecule has 0 atom stereocenters. The molecule has 0 aliphatic carbocycles. The maximum absolute atomic E-state index is 10.6. The van der Waals surface area contributed by atoms with Gasteiger partial charge in [0.1, 0.15) is 0 Å². The van der Waals surface area contributed by atoms with E-state index < -0.39 is 18.5 Å². The molecule has 1 amide bonds. The van der Waals surface area contributed by atoms with Crippen LogP contribution in [0.2, 0.25) is 0 Å². The quantitative estimate of drug-likeness (QED) is 0.436. The number of aliphatic carboxylic acids is 1. The van der Waals surface area contributed by atoms with Crippen molar-refractivity contribution in [3.05, 3.63) is 12.2 Å². The predicted molar refractivity (Wildman–Crippen MR) is 36.5 cm³/mol. The summed E-state index contributed by atoms with van der Waals surface area (Å²) in [6.07, 6.45) is 0. The van der Waals surface area contributed by atoms with Crippen LogP contribution in [0.25, 0.3) is 0 Å². The number of hydrogen-bond acceptors (Lipinski definition) is 3. The van der Waals surface area contributed by atoms with Crippen LogP contribution in [0.1, 0.15) is 6.92 Å². The Bertz CT molecular complexity index is 187. The molecule has 0 radical (unpaired) electrons. The summed E-state index contributed by atoms with van der Waals surface area (Å²) in [6.45, 7) is 4.24. The summed E-state index contributed by atoms with van der Waals surface area (Å²) in [5, 5.41) is 8.07. The summed E-state index contributed by atoms with van der Waals surface area (Å²) in [6, 6.07) is 0. The SMILES string of the molecule is C=C(C)C(=O)NOCC(=O)O. The minimum Gasteiger partial charge on any atom is -0.479 e. The van der Waals surface area contributed by atoms with Gasteiger partial charge in [0, 0.05) is 5.57 Å². The smallest absolute Gasteiger partial charge is 0.332 e. The van der Waals surface area contributed by atoms with Gasteiger partial charge in [-0.05, 0) is 6.92 Å². The van der Waals surface area contributed by atoms with Gasteiger partial charge in [-0.3, -0.25) is 9.63 Å². The number of carboxylic acids is 1. The van der Waals surface area contributed by atoms with Crippen molar-refractivity contribution in [2.75, 3.05) is 6.61 Å². The summed E-state index contributed by atoms with van der Waals surface area (Å²) in [5.74, 6) is -1.67. The summed E-state index contributed by atoms with van der Waals surface area (Å²) in [5.41, 5.74) is 2.15. The molecule has 0 rings (SSSR count). The maximum atomic E-state index is 10.6. The predicted octanol–water partition coefficient (Wildman–Crippen LogP) is -0.305. The van der Waals surface area contributed by atoms with Crippen molar-refractivity contribution in [2.45, 2.75) is 6.92 Å². The highest BCUT2D eigenvalue weighted by Crippen LogP contribution is 1.84. The van der Waals surface area contributed by atoms with Crippen LogP contribution in [-0.2, 0) is 14.4 Å². The molecule has 0 bridgehead atoms. The lowest BCUT2D eigenvalue weighted by Crippen LogP contribution is -2.26. The Kier molecular flexibility index (Phi) is 3.90. The van der Waals surface area contributed by atoms with Crippen LogP contribution in [0.5, 0.6) is 0 Å². The van der Waals surface area contributed by atoms with E-state index in [0.29, 0.717) is 0 Å². The van der Waals surface area contributed by atoms with Crippen molar-refractivity contribution in [3.63, 3.8) is 0 Å². The van der Waals surface area contributed by atoms with Crippen molar-refractivity contribution in [1.29, 1.82) is 0 Å². The Hall–Kier alpha value is -1.36. The average Bonchev–Trinajstić information content (AvgIpc) is 1.86. The number of hydroxylamine groups is 1. The van der Waals surface area contributed by atoms with Crippen molar-refractivity contribution in [1.82, 2.24) is 5.48 Å². The van der Waals surface area contributed by atoms with Crippen molar-refractivity contribution >= 4 is 11.9 Å². The molecule has 0 saturated heterocycles. The minimum absolute atomic E-state index is 0.260. The number of carboxylic acid groups (broad SMARTS) is 1. The second kappa shape index (κ2) is 4.45. The van der Waals surface area contributed by atoms with E-state index in [1.54, 1.807) is 0 Å². The molecule has 0 heterocycles. The molecule has 0 aliphatic heterocycles. The number of carbonyl (C=O) groups excluding carboxylic acids is 1. The largest absolute Gasteiger partial charge is 0.479 e. The lowest BCUT2D eigenvalue weighted by Gasteiger charge is -2.01. The molecule has 5 heteroatoms. The lowest BCUT2D eigenvalue weighted by atomic mass is 10.3. The summed E-state index contributed by atoms with van der Waals surface area (Å²) >= 11 is 0. The first-order valence-electron chi connectivity index (χ1n) is 2.83. The number of hydrogen-bond donors (Lipinski definition) is 2. The average molecular weight is 159 g/mol. The van der Waals surface area contributed by atoms with Crippen LogP contribution in [0, 0.1) is 0 Å². The molecular weight excluding hydrogens is 150 g/mol. The van der Waals surface area contributed by atoms with Gasteiger partial charge in [-0.2, -0.15) is 0 Å². The summed E-state index contributed by atoms with van der Waals surface area (Å²) in [7, 11) is 0. The molecule has 0 spiro atoms. The van der Waals surface area contributed by atoms with Gasteiger partial charge in [0.2, 0.25) is 0 Å². The zero-order chi connectivity index (χ0) is 8.85. The maximum Gasteiger partial charge on any atom is 0.332 e. The minimum atomic E-state index is -1.15. The van der Waals surface area contributed by atoms with Crippen LogP contribution in [-0.4, -0.2) is 23.6 Å². The van der Waals surface area contributed by atoms with Gasteiger partial charge >= 0.3 is 5.97 Å². The van der Waals surface area contributed by atoms with Gasteiger partial charge < -0.3 is 5.11 Å². The van der Waals surface area contributed by atoms with Crippen molar-refractivity contribution in [3.8, 4) is 0 Å². The second-order valence-electron chi connectivity index (χ2n) is 1.89. The Morgan fingerprint density at radius 2 is 2.18 bits per heavy atom. The molecule has 0 aliphatic rings. The van der Waals surface area contributed by atoms with Gasteiger partial charge in [0.25, 0.3) is 5.91 Å². The van der Waals surface area contributed by atoms with E-state index in [9.17, 15) is 9.59 Å². The van der Waals surface area contributed by atoms with Crippen LogP contribution in [0.3, 0.4) is 0 Å². The van der Waals surface area contributed by atoms with E-state index in [4.69, 9.17) is 5.11 Å². The Labute approximate surface area is 63.6 Å². The van der Waals surface area contributed by atoms with E-state index in [-0.39, 0.29) is 5.57 Å². The fourth-order valence-corrected chi connectivity index (χ4v) is 0.250. The molecule has 5 nitrogen and oxygen atoms in total. The third kappa shape index (κ3) is 5.10. The molecule has 0 fully saturated rings. The molecule has 2 N–H and O–H groups in total. The molecule has 0 aromatic rings. The van der Waals surface area contributed by atoms with Crippen LogP contribution < -0.4 is 5.48 Å². The fourth-order valence-electron chi connectivity index (χ4n) is 0.250. The van der Waals surface area contributed by atoms with Crippen molar-refractivity contribution in [2.24, 2.45) is 0 Å². The normalized spacial score (nSPS) is 8.82. The monoisotopic (exact) mass is 159 g/mol. The number of rotatable bonds is 4. The first-order valence-corrected chi connectivity index (χ1v) is 2.83. The lowest BCUT2D eigenvalue weighted by molar-refractivity contribution is -0.148. The zero-order valence-corrected chi connectivity index (χ0v) is 6.09. The van der Waals surface area contributed by atoms with Crippen LogP contribution in [0.4, 0.5) is 0 Å². The van der Waals surface area contributed by atoms with Gasteiger partial charge in [-0.15, -0.1) is 0 Å². The van der Waals surface area contributed by atoms with Gasteiger partial charge in [0.05, 0.1) is 0 Å². The molecule has 11 heavy (non-hydrogen) atoms. The van der Waals surface area contributed by atoms with E-state index in [2.05, 4.69) is 11.4 Å². The topological polar surface area (TPSA) is 75.6 Å². The van der Waals surface area contributed by atoms with Crippen LogP contribution >= 0.6 is 0 Å². The van der Waals surface area contributed by atoms with Gasteiger partial charge in [-0.25, -0.2) is 10.3 Å². The summed E-state index contributed by atoms with van der Waals surface area (Å²) < 4.78 is 0. The summed E-state index contributed by atoms with van der Waals surface area (Å²) in [4.78, 5) is 24.7. The first kappa shape index (κ1) is 9.64. The third-order valence-electron chi connectivity index (χ3n) is 0.748. The number of carbonyl (C=O) groups is 2. The van der Waals surface area contributed by atoms with E-state index in [0.717, 1.165) is 0 Å². The first-order chi connectivity index (χ1) is 5.04. The Balaban J connectivity index is 3.47. The Morgan fingerprint density at radius 1 is 1.64 bits per heavy atom. The number of amides is 1. The zero-order valence-electron chi connectivity index (χ0n) is 6.09. The van der Waals surface area contributed by atoms with Crippen molar-refractivity contribution < 1.29 is 19.5 Å². The molecule has 0 saturated carbocycles. The standard InChI is InChI=1S/C6H9NO4/c1-4(2)6(10)7-11-3-5(8)9/h1,3H2,2H3,(H,7,10)(H,8,9). The van der Waals surface area contributed by atoms with E-state index in [1.807, 2.05) is 5.48 Å². The molecule has 0 unspecified atom stereocenters. The molecule has 62 valence electrons. The molecule has 0 aromatic carbocycles. The van der Waals surface area contributed by atoms with E-state index in [1.165, 1.54) is 6.92 Å². The Morgan fingerprint density at radius 3 is 2.55 bits per heavy atom. The van der Waals surface area contributed by atoms with Gasteiger partial charge in [0.15, 0.2) is 6.61 Å². The van der Waals surface area contributed by atoms with Gasteiger partial charge in [-0.1, -0.05) is 6.58 Å². The van der Waals surface area contributed by atoms with E-state index >= 15 is 0 Å². The number of nitrogens with one attached hydrogen (secondary N) is 1. The van der Waals surface area contributed by atoms with Crippen LogP contribution in [0.15, 0.2) is 12.2 Å². The highest BCUT2D eigenvalue weighted by molar-refractivity contribution is 5.91. The highest BCUT2D eigenvalue weighted by atomic mass is 16.7.